The van der Waals surface area contributed by atoms with Crippen LogP contribution in [0.5, 0.6) is 0 Å². The standard InChI is InChI=1S/C16H24O2/c1-4-16(5-2,18-3)15(17)13-9-12-14-10-7-6-8-11-14/h6-8,10-11H,4-5,9,12-13H2,1-3H3. The lowest BCUT2D eigenvalue weighted by atomic mass is 9.88. The molecule has 0 spiro atoms. The quantitative estimate of drug-likeness (QED) is 0.699. The largest absolute Gasteiger partial charge is 0.370 e. The average molecular weight is 248 g/mol. The molecule has 0 radical (unpaired) electrons. The maximum Gasteiger partial charge on any atom is 0.164 e. The van der Waals surface area contributed by atoms with Crippen molar-refractivity contribution in [3.63, 3.8) is 0 Å². The van der Waals surface area contributed by atoms with Gasteiger partial charge >= 0.3 is 0 Å². The van der Waals surface area contributed by atoms with Gasteiger partial charge in [0.1, 0.15) is 5.60 Å². The molecule has 0 saturated heterocycles. The maximum absolute atomic E-state index is 12.2. The van der Waals surface area contributed by atoms with Gasteiger partial charge < -0.3 is 4.74 Å². The van der Waals surface area contributed by atoms with E-state index in [0.29, 0.717) is 6.42 Å². The van der Waals surface area contributed by atoms with Gasteiger partial charge in [0, 0.05) is 13.5 Å². The molecule has 0 N–H and O–H groups in total. The number of Topliss-reactive ketones (excluding diaryl/α,β-unsaturated/α-hetero) is 1. The van der Waals surface area contributed by atoms with Crippen LogP contribution in [-0.2, 0) is 16.0 Å². The molecule has 2 nitrogen and oxygen atoms in total. The van der Waals surface area contributed by atoms with E-state index in [1.807, 2.05) is 32.0 Å². The minimum absolute atomic E-state index is 0.242. The van der Waals surface area contributed by atoms with Gasteiger partial charge in [-0.2, -0.15) is 0 Å². The summed E-state index contributed by atoms with van der Waals surface area (Å²) in [5.74, 6) is 0.242. The minimum Gasteiger partial charge on any atom is -0.370 e. The first-order valence-corrected chi connectivity index (χ1v) is 6.81. The number of ketones is 1. The molecular formula is C16H24O2. The second-order valence-electron chi connectivity index (χ2n) is 4.67. The summed E-state index contributed by atoms with van der Waals surface area (Å²) in [6.07, 6.45) is 3.96. The first-order chi connectivity index (χ1) is 8.68. The predicted octanol–water partition coefficient (Wildman–Crippen LogP) is 3.78. The number of rotatable bonds is 8. The van der Waals surface area contributed by atoms with E-state index in [-0.39, 0.29) is 5.78 Å². The Morgan fingerprint density at radius 3 is 2.28 bits per heavy atom. The van der Waals surface area contributed by atoms with E-state index >= 15 is 0 Å². The van der Waals surface area contributed by atoms with Crippen molar-refractivity contribution in [2.75, 3.05) is 7.11 Å². The first-order valence-electron chi connectivity index (χ1n) is 6.81. The zero-order valence-corrected chi connectivity index (χ0v) is 11.7. The number of benzene rings is 1. The number of carbonyl (C=O) groups is 1. The lowest BCUT2D eigenvalue weighted by Gasteiger charge is -2.28. The number of methoxy groups -OCH3 is 1. The van der Waals surface area contributed by atoms with Crippen LogP contribution in [0, 0.1) is 0 Å². The van der Waals surface area contributed by atoms with Crippen LogP contribution in [-0.4, -0.2) is 18.5 Å². The summed E-state index contributed by atoms with van der Waals surface area (Å²) in [7, 11) is 1.64. The van der Waals surface area contributed by atoms with E-state index < -0.39 is 5.60 Å². The number of aryl methyl sites for hydroxylation is 1. The van der Waals surface area contributed by atoms with Crippen LogP contribution in [0.3, 0.4) is 0 Å². The van der Waals surface area contributed by atoms with E-state index in [2.05, 4.69) is 12.1 Å². The summed E-state index contributed by atoms with van der Waals surface area (Å²) < 4.78 is 5.45. The Morgan fingerprint density at radius 1 is 1.17 bits per heavy atom. The third-order valence-corrected chi connectivity index (χ3v) is 3.75. The lowest BCUT2D eigenvalue weighted by Crippen LogP contribution is -2.39. The molecule has 1 rings (SSSR count). The van der Waals surface area contributed by atoms with Crippen LogP contribution < -0.4 is 0 Å². The number of carbonyl (C=O) groups excluding carboxylic acids is 1. The molecule has 0 fully saturated rings. The molecule has 0 unspecified atom stereocenters. The van der Waals surface area contributed by atoms with E-state index in [0.717, 1.165) is 25.7 Å². The normalized spacial score (nSPS) is 11.5. The van der Waals surface area contributed by atoms with E-state index in [1.165, 1.54) is 5.56 Å². The predicted molar refractivity (Wildman–Crippen MR) is 74.7 cm³/mol. The molecule has 0 saturated carbocycles. The zero-order chi connectivity index (χ0) is 13.4. The zero-order valence-electron chi connectivity index (χ0n) is 11.7. The van der Waals surface area contributed by atoms with Gasteiger partial charge in [0.05, 0.1) is 0 Å². The average Bonchev–Trinajstić information content (AvgIpc) is 2.42. The molecular weight excluding hydrogens is 224 g/mol. The maximum atomic E-state index is 12.2. The number of ether oxygens (including phenoxy) is 1. The van der Waals surface area contributed by atoms with Crippen molar-refractivity contribution in [2.45, 2.75) is 51.6 Å². The Balaban J connectivity index is 2.46. The van der Waals surface area contributed by atoms with Crippen molar-refractivity contribution >= 4 is 5.78 Å². The Hall–Kier alpha value is -1.15. The molecule has 100 valence electrons. The molecule has 1 aromatic carbocycles. The third-order valence-electron chi connectivity index (χ3n) is 3.75. The fourth-order valence-corrected chi connectivity index (χ4v) is 2.37. The highest BCUT2D eigenvalue weighted by Gasteiger charge is 2.33. The lowest BCUT2D eigenvalue weighted by molar-refractivity contribution is -0.142. The van der Waals surface area contributed by atoms with Crippen molar-refractivity contribution in [1.82, 2.24) is 0 Å². The van der Waals surface area contributed by atoms with E-state index in [1.54, 1.807) is 7.11 Å². The fourth-order valence-electron chi connectivity index (χ4n) is 2.37. The third kappa shape index (κ3) is 3.67. The van der Waals surface area contributed by atoms with Crippen molar-refractivity contribution in [2.24, 2.45) is 0 Å². The molecule has 0 aliphatic carbocycles. The molecule has 0 heterocycles. The van der Waals surface area contributed by atoms with Crippen molar-refractivity contribution in [3.05, 3.63) is 35.9 Å². The fraction of sp³-hybridized carbons (Fsp3) is 0.562. The van der Waals surface area contributed by atoms with Gasteiger partial charge in [-0.25, -0.2) is 0 Å². The highest BCUT2D eigenvalue weighted by Crippen LogP contribution is 2.23. The van der Waals surface area contributed by atoms with Crippen molar-refractivity contribution in [1.29, 1.82) is 0 Å². The van der Waals surface area contributed by atoms with Gasteiger partial charge in [0.25, 0.3) is 0 Å². The van der Waals surface area contributed by atoms with Gasteiger partial charge in [-0.15, -0.1) is 0 Å². The second-order valence-corrected chi connectivity index (χ2v) is 4.67. The summed E-state index contributed by atoms with van der Waals surface area (Å²) >= 11 is 0. The molecule has 2 heteroatoms. The van der Waals surface area contributed by atoms with Gasteiger partial charge in [0.2, 0.25) is 0 Å². The van der Waals surface area contributed by atoms with Gasteiger partial charge in [-0.3, -0.25) is 4.79 Å². The molecule has 18 heavy (non-hydrogen) atoms. The van der Waals surface area contributed by atoms with Crippen LogP contribution in [0.25, 0.3) is 0 Å². The molecule has 0 amide bonds. The minimum atomic E-state index is -0.559. The smallest absolute Gasteiger partial charge is 0.164 e. The summed E-state index contributed by atoms with van der Waals surface area (Å²) in [6, 6.07) is 10.3. The number of hydrogen-bond donors (Lipinski definition) is 0. The molecule has 0 aliphatic heterocycles. The summed E-state index contributed by atoms with van der Waals surface area (Å²) in [5, 5.41) is 0. The monoisotopic (exact) mass is 248 g/mol. The SMILES string of the molecule is CCC(CC)(OC)C(=O)CCCc1ccccc1. The summed E-state index contributed by atoms with van der Waals surface area (Å²) in [5.41, 5.74) is 0.734. The molecule has 0 aromatic heterocycles. The summed E-state index contributed by atoms with van der Waals surface area (Å²) in [6.45, 7) is 4.03. The van der Waals surface area contributed by atoms with E-state index in [4.69, 9.17) is 4.74 Å². The Bertz CT molecular complexity index is 344. The van der Waals surface area contributed by atoms with E-state index in [9.17, 15) is 4.79 Å². The first kappa shape index (κ1) is 14.9. The second kappa shape index (κ2) is 7.32. The van der Waals surface area contributed by atoms with Crippen LogP contribution in [0.4, 0.5) is 0 Å². The van der Waals surface area contributed by atoms with Gasteiger partial charge in [-0.05, 0) is 31.2 Å². The van der Waals surface area contributed by atoms with Crippen LogP contribution >= 0.6 is 0 Å². The Morgan fingerprint density at radius 2 is 1.78 bits per heavy atom. The highest BCUT2D eigenvalue weighted by molar-refractivity contribution is 5.87. The van der Waals surface area contributed by atoms with Crippen LogP contribution in [0.1, 0.15) is 45.1 Å². The van der Waals surface area contributed by atoms with Gasteiger partial charge in [-0.1, -0.05) is 44.2 Å². The van der Waals surface area contributed by atoms with Crippen molar-refractivity contribution < 1.29 is 9.53 Å². The Kier molecular flexibility index (Phi) is 6.06. The van der Waals surface area contributed by atoms with Crippen LogP contribution in [0.2, 0.25) is 0 Å². The molecule has 1 aromatic rings. The summed E-state index contributed by atoms with van der Waals surface area (Å²) in [4.78, 5) is 12.2. The molecule has 0 atom stereocenters. The van der Waals surface area contributed by atoms with Crippen molar-refractivity contribution in [3.8, 4) is 0 Å². The molecule has 0 bridgehead atoms. The topological polar surface area (TPSA) is 26.3 Å². The molecule has 0 aliphatic rings. The van der Waals surface area contributed by atoms with Gasteiger partial charge in [0.15, 0.2) is 5.78 Å². The number of hydrogen-bond acceptors (Lipinski definition) is 2. The highest BCUT2D eigenvalue weighted by atomic mass is 16.5. The van der Waals surface area contributed by atoms with Crippen LogP contribution in [0.15, 0.2) is 30.3 Å². The Labute approximate surface area is 110 Å².